The first-order chi connectivity index (χ1) is 11.6. The summed E-state index contributed by atoms with van der Waals surface area (Å²) < 4.78 is 49.9. The molecule has 136 valence electrons. The average molecular weight is 375 g/mol. The van der Waals surface area contributed by atoms with Crippen LogP contribution >= 0.6 is 0 Å². The first-order valence-corrected chi connectivity index (χ1v) is 8.62. The molecule has 0 aliphatic carbocycles. The van der Waals surface area contributed by atoms with Gasteiger partial charge >= 0.3 is 5.76 Å². The van der Waals surface area contributed by atoms with Crippen molar-refractivity contribution in [2.45, 2.75) is 37.1 Å². The highest BCUT2D eigenvalue weighted by atomic mass is 32.2. The van der Waals surface area contributed by atoms with Crippen LogP contribution in [0.4, 0.5) is 20.2 Å². The summed E-state index contributed by atoms with van der Waals surface area (Å²) in [5, 5.41) is 21.6. The highest BCUT2D eigenvalue weighted by molar-refractivity contribution is 7.91. The van der Waals surface area contributed by atoms with Gasteiger partial charge in [0.2, 0.25) is 9.84 Å². The number of anilines is 1. The van der Waals surface area contributed by atoms with Crippen molar-refractivity contribution in [2.75, 3.05) is 5.32 Å². The van der Waals surface area contributed by atoms with E-state index in [-0.39, 0.29) is 18.3 Å². The van der Waals surface area contributed by atoms with Gasteiger partial charge in [0.15, 0.2) is 5.82 Å². The number of hydrogen-bond donors (Lipinski definition) is 1. The van der Waals surface area contributed by atoms with Crippen molar-refractivity contribution in [3.8, 4) is 0 Å². The number of alkyl halides is 2. The summed E-state index contributed by atoms with van der Waals surface area (Å²) in [7, 11) is -4.92. The van der Waals surface area contributed by atoms with Crippen LogP contribution in [0.3, 0.4) is 0 Å². The summed E-state index contributed by atoms with van der Waals surface area (Å²) in [6, 6.07) is 2.64. The molecule has 1 heterocycles. The van der Waals surface area contributed by atoms with Crippen molar-refractivity contribution in [1.29, 1.82) is 0 Å². The smallest absolute Gasteiger partial charge is 0.341 e. The largest absolute Gasteiger partial charge is 0.372 e. The van der Waals surface area contributed by atoms with Gasteiger partial charge < -0.3 is 9.88 Å². The van der Waals surface area contributed by atoms with Crippen LogP contribution in [0.15, 0.2) is 29.4 Å². The number of nitrogens with one attached hydrogen (secondary N) is 1. The second kappa shape index (κ2) is 7.09. The number of nitrogens with zero attached hydrogens (tertiary/aromatic N) is 4. The molecule has 0 bridgehead atoms. The van der Waals surface area contributed by atoms with Gasteiger partial charge in [-0.25, -0.2) is 8.42 Å². The quantitative estimate of drug-likeness (QED) is 0.582. The Morgan fingerprint density at radius 1 is 1.36 bits per heavy atom. The van der Waals surface area contributed by atoms with Crippen molar-refractivity contribution in [3.63, 3.8) is 0 Å². The molecule has 0 aliphatic heterocycles. The van der Waals surface area contributed by atoms with E-state index in [1.54, 1.807) is 4.57 Å². The van der Waals surface area contributed by atoms with Gasteiger partial charge in [0.25, 0.3) is 5.69 Å². The van der Waals surface area contributed by atoms with Crippen LogP contribution in [0, 0.1) is 10.1 Å². The molecule has 0 amide bonds. The molecule has 1 aromatic carbocycles. The zero-order valence-corrected chi connectivity index (χ0v) is 14.1. The molecule has 0 saturated heterocycles. The molecule has 0 radical (unpaired) electrons. The van der Waals surface area contributed by atoms with E-state index in [1.165, 1.54) is 6.33 Å². The van der Waals surface area contributed by atoms with Gasteiger partial charge in [0, 0.05) is 12.1 Å². The van der Waals surface area contributed by atoms with Gasteiger partial charge in [-0.15, -0.1) is 10.2 Å². The van der Waals surface area contributed by atoms with Crippen LogP contribution in [-0.2, 0) is 16.4 Å². The molecule has 2 rings (SSSR count). The Bertz CT molecular complexity index is 882. The first-order valence-electron chi connectivity index (χ1n) is 7.07. The van der Waals surface area contributed by atoms with Crippen molar-refractivity contribution in [3.05, 3.63) is 40.5 Å². The molecule has 0 atom stereocenters. The lowest BCUT2D eigenvalue weighted by molar-refractivity contribution is -0.384. The van der Waals surface area contributed by atoms with Crippen LogP contribution in [0.5, 0.6) is 0 Å². The Labute approximate surface area is 141 Å². The van der Waals surface area contributed by atoms with Crippen LogP contribution in [0.1, 0.15) is 25.7 Å². The van der Waals surface area contributed by atoms with Crippen molar-refractivity contribution in [2.24, 2.45) is 0 Å². The fourth-order valence-electron chi connectivity index (χ4n) is 2.09. The number of sulfone groups is 1. The Hall–Kier alpha value is -2.63. The third-order valence-electron chi connectivity index (χ3n) is 3.37. The Balaban J connectivity index is 2.32. The number of hydrogen-bond acceptors (Lipinski definition) is 7. The van der Waals surface area contributed by atoms with Gasteiger partial charge in [-0.1, -0.05) is 0 Å². The van der Waals surface area contributed by atoms with Gasteiger partial charge in [-0.05, 0) is 26.0 Å². The second-order valence-electron chi connectivity index (χ2n) is 5.34. The molecule has 25 heavy (non-hydrogen) atoms. The summed E-state index contributed by atoms with van der Waals surface area (Å²) in [4.78, 5) is 9.50. The maximum atomic E-state index is 12.6. The predicted molar refractivity (Wildman–Crippen MR) is 84.0 cm³/mol. The SMILES string of the molecule is CC(C)n1cnnc1CNc1ccc(S(=O)(=O)C(F)F)cc1[N+](=O)[O-]. The number of rotatable bonds is 7. The van der Waals surface area contributed by atoms with E-state index < -0.39 is 31.1 Å². The molecular formula is C13H15F2N5O4S. The fraction of sp³-hybridized carbons (Fsp3) is 0.385. The van der Waals surface area contributed by atoms with E-state index in [0.717, 1.165) is 12.1 Å². The standard InChI is InChI=1S/C13H15F2N5O4S/c1-8(2)19-7-17-18-12(19)6-16-10-4-3-9(5-11(10)20(21)22)25(23,24)13(14)15/h3-5,7-8,13,16H,6H2,1-2H3. The van der Waals surface area contributed by atoms with Crippen molar-refractivity contribution >= 4 is 21.2 Å². The minimum Gasteiger partial charge on any atom is -0.372 e. The summed E-state index contributed by atoms with van der Waals surface area (Å²) in [6.07, 6.45) is 1.51. The number of nitro groups is 1. The van der Waals surface area contributed by atoms with Crippen molar-refractivity contribution < 1.29 is 22.1 Å². The predicted octanol–water partition coefficient (Wildman–Crippen LogP) is 2.38. The van der Waals surface area contributed by atoms with Crippen molar-refractivity contribution in [1.82, 2.24) is 14.8 Å². The molecule has 1 N–H and O–H groups in total. The molecular weight excluding hydrogens is 360 g/mol. The third kappa shape index (κ3) is 3.90. The summed E-state index contributed by atoms with van der Waals surface area (Å²) in [5.74, 6) is -3.15. The summed E-state index contributed by atoms with van der Waals surface area (Å²) in [6.45, 7) is 3.89. The average Bonchev–Trinajstić information content (AvgIpc) is 3.01. The maximum Gasteiger partial charge on any atom is 0.341 e. The Kier molecular flexibility index (Phi) is 5.30. The molecule has 2 aromatic rings. The van der Waals surface area contributed by atoms with Gasteiger partial charge in [-0.3, -0.25) is 10.1 Å². The van der Waals surface area contributed by atoms with Gasteiger partial charge in [0.05, 0.1) is 16.4 Å². The monoisotopic (exact) mass is 375 g/mol. The molecule has 0 aliphatic rings. The van der Waals surface area contributed by atoms with Gasteiger partial charge in [-0.2, -0.15) is 8.78 Å². The van der Waals surface area contributed by atoms with E-state index in [4.69, 9.17) is 0 Å². The maximum absolute atomic E-state index is 12.6. The minimum absolute atomic E-state index is 0.0171. The molecule has 9 nitrogen and oxygen atoms in total. The van der Waals surface area contributed by atoms with E-state index in [9.17, 15) is 27.3 Å². The highest BCUT2D eigenvalue weighted by Gasteiger charge is 2.29. The lowest BCUT2D eigenvalue weighted by Gasteiger charge is -2.12. The molecule has 12 heteroatoms. The lowest BCUT2D eigenvalue weighted by atomic mass is 10.2. The van der Waals surface area contributed by atoms with E-state index in [1.807, 2.05) is 13.8 Å². The van der Waals surface area contributed by atoms with Crippen LogP contribution < -0.4 is 5.32 Å². The minimum atomic E-state index is -4.92. The van der Waals surface area contributed by atoms with E-state index >= 15 is 0 Å². The van der Waals surface area contributed by atoms with Crippen LogP contribution in [-0.4, -0.2) is 33.9 Å². The zero-order valence-electron chi connectivity index (χ0n) is 13.3. The number of halogens is 2. The van der Waals surface area contributed by atoms with Crippen LogP contribution in [0.25, 0.3) is 0 Å². The molecule has 0 fully saturated rings. The zero-order chi connectivity index (χ0) is 18.8. The molecule has 1 aromatic heterocycles. The number of benzene rings is 1. The Morgan fingerprint density at radius 3 is 2.60 bits per heavy atom. The lowest BCUT2D eigenvalue weighted by Crippen LogP contribution is -2.13. The number of aromatic nitrogens is 3. The third-order valence-corrected chi connectivity index (χ3v) is 4.75. The highest BCUT2D eigenvalue weighted by Crippen LogP contribution is 2.30. The second-order valence-corrected chi connectivity index (χ2v) is 7.26. The Morgan fingerprint density at radius 2 is 2.04 bits per heavy atom. The number of nitro benzene ring substituents is 1. The topological polar surface area (TPSA) is 120 Å². The van der Waals surface area contributed by atoms with Gasteiger partial charge in [0.1, 0.15) is 12.0 Å². The normalized spacial score (nSPS) is 11.9. The fourth-order valence-corrected chi connectivity index (χ4v) is 2.83. The van der Waals surface area contributed by atoms with E-state index in [0.29, 0.717) is 11.9 Å². The summed E-state index contributed by atoms with van der Waals surface area (Å²) in [5.41, 5.74) is -0.645. The molecule has 0 saturated carbocycles. The summed E-state index contributed by atoms with van der Waals surface area (Å²) >= 11 is 0. The molecule has 0 spiro atoms. The first kappa shape index (κ1) is 18.7. The molecule has 0 unspecified atom stereocenters. The van der Waals surface area contributed by atoms with Crippen LogP contribution in [0.2, 0.25) is 0 Å². The van der Waals surface area contributed by atoms with E-state index in [2.05, 4.69) is 15.5 Å².